The molecule has 2 unspecified atom stereocenters. The summed E-state index contributed by atoms with van der Waals surface area (Å²) in [5, 5.41) is 8.88. The van der Waals surface area contributed by atoms with Gasteiger partial charge in [0.15, 0.2) is 0 Å². The maximum absolute atomic E-state index is 10.8. The lowest BCUT2D eigenvalue weighted by Crippen LogP contribution is -2.49. The van der Waals surface area contributed by atoms with Crippen LogP contribution in [0, 0.1) is 11.8 Å². The second-order valence-corrected chi connectivity index (χ2v) is 4.47. The molecule has 2 atom stereocenters. The van der Waals surface area contributed by atoms with Crippen LogP contribution in [0.15, 0.2) is 0 Å². The SMILES string of the molecule is CN(CC1CC1)C1CCC1C(=O)O. The van der Waals surface area contributed by atoms with Gasteiger partial charge in [0.25, 0.3) is 0 Å². The van der Waals surface area contributed by atoms with E-state index in [1.807, 2.05) is 0 Å². The fourth-order valence-electron chi connectivity index (χ4n) is 2.14. The van der Waals surface area contributed by atoms with Crippen molar-refractivity contribution in [2.45, 2.75) is 31.7 Å². The van der Waals surface area contributed by atoms with Crippen LogP contribution in [0.4, 0.5) is 0 Å². The lowest BCUT2D eigenvalue weighted by molar-refractivity contribution is -0.148. The van der Waals surface area contributed by atoms with Crippen molar-refractivity contribution in [2.75, 3.05) is 13.6 Å². The summed E-state index contributed by atoms with van der Waals surface area (Å²) >= 11 is 0. The molecule has 0 heterocycles. The van der Waals surface area contributed by atoms with Crippen LogP contribution in [0.3, 0.4) is 0 Å². The van der Waals surface area contributed by atoms with Gasteiger partial charge in [0.1, 0.15) is 0 Å². The maximum atomic E-state index is 10.8. The summed E-state index contributed by atoms with van der Waals surface area (Å²) in [6.07, 6.45) is 4.62. The van der Waals surface area contributed by atoms with E-state index in [9.17, 15) is 4.79 Å². The van der Waals surface area contributed by atoms with Gasteiger partial charge in [0, 0.05) is 12.6 Å². The maximum Gasteiger partial charge on any atom is 0.308 e. The quantitative estimate of drug-likeness (QED) is 0.711. The predicted octanol–water partition coefficient (Wildman–Crippen LogP) is 1.19. The first-order valence-corrected chi connectivity index (χ1v) is 5.11. The van der Waals surface area contributed by atoms with E-state index in [-0.39, 0.29) is 5.92 Å². The van der Waals surface area contributed by atoms with Crippen LogP contribution in [-0.2, 0) is 4.79 Å². The number of carbonyl (C=O) groups is 1. The summed E-state index contributed by atoms with van der Waals surface area (Å²) in [6, 6.07) is 0.318. The molecular weight excluding hydrogens is 166 g/mol. The molecule has 74 valence electrons. The van der Waals surface area contributed by atoms with Gasteiger partial charge in [-0.3, -0.25) is 4.79 Å². The first kappa shape index (κ1) is 9.00. The highest BCUT2D eigenvalue weighted by atomic mass is 16.4. The van der Waals surface area contributed by atoms with Crippen molar-refractivity contribution in [1.82, 2.24) is 4.90 Å². The van der Waals surface area contributed by atoms with Gasteiger partial charge in [-0.05, 0) is 38.6 Å². The molecule has 0 amide bonds. The van der Waals surface area contributed by atoms with Crippen molar-refractivity contribution < 1.29 is 9.90 Å². The highest BCUT2D eigenvalue weighted by Gasteiger charge is 2.40. The monoisotopic (exact) mass is 183 g/mol. The molecule has 0 aromatic rings. The number of carboxylic acids is 1. The van der Waals surface area contributed by atoms with E-state index in [1.54, 1.807) is 0 Å². The largest absolute Gasteiger partial charge is 0.481 e. The fraction of sp³-hybridized carbons (Fsp3) is 0.900. The van der Waals surface area contributed by atoms with Gasteiger partial charge in [-0.25, -0.2) is 0 Å². The van der Waals surface area contributed by atoms with E-state index in [4.69, 9.17) is 5.11 Å². The van der Waals surface area contributed by atoms with Crippen molar-refractivity contribution in [3.63, 3.8) is 0 Å². The number of hydrogen-bond acceptors (Lipinski definition) is 2. The van der Waals surface area contributed by atoms with Crippen molar-refractivity contribution >= 4 is 5.97 Å². The van der Waals surface area contributed by atoms with Gasteiger partial charge >= 0.3 is 5.97 Å². The van der Waals surface area contributed by atoms with Crippen molar-refractivity contribution in [3.8, 4) is 0 Å². The predicted molar refractivity (Wildman–Crippen MR) is 49.5 cm³/mol. The van der Waals surface area contributed by atoms with Crippen LogP contribution in [0.25, 0.3) is 0 Å². The molecular formula is C10H17NO2. The number of rotatable bonds is 4. The first-order chi connectivity index (χ1) is 6.18. The Labute approximate surface area is 78.7 Å². The molecule has 0 aromatic heterocycles. The third kappa shape index (κ3) is 1.85. The van der Waals surface area contributed by atoms with Crippen molar-refractivity contribution in [1.29, 1.82) is 0 Å². The van der Waals surface area contributed by atoms with Crippen LogP contribution in [0.1, 0.15) is 25.7 Å². The number of aliphatic carboxylic acids is 1. The molecule has 2 aliphatic rings. The zero-order valence-corrected chi connectivity index (χ0v) is 8.07. The third-order valence-electron chi connectivity index (χ3n) is 3.36. The summed E-state index contributed by atoms with van der Waals surface area (Å²) in [4.78, 5) is 13.0. The molecule has 2 rings (SSSR count). The van der Waals surface area contributed by atoms with Gasteiger partial charge in [0.05, 0.1) is 5.92 Å². The van der Waals surface area contributed by atoms with Crippen LogP contribution in [-0.4, -0.2) is 35.6 Å². The average Bonchev–Trinajstić information content (AvgIpc) is 2.66. The van der Waals surface area contributed by atoms with Gasteiger partial charge in [-0.15, -0.1) is 0 Å². The second-order valence-electron chi connectivity index (χ2n) is 4.47. The average molecular weight is 183 g/mol. The van der Waals surface area contributed by atoms with Crippen molar-refractivity contribution in [3.05, 3.63) is 0 Å². The Hall–Kier alpha value is -0.570. The minimum Gasteiger partial charge on any atom is -0.481 e. The van der Waals surface area contributed by atoms with E-state index < -0.39 is 5.97 Å². The van der Waals surface area contributed by atoms with Gasteiger partial charge in [0.2, 0.25) is 0 Å². The second kappa shape index (κ2) is 3.29. The Kier molecular flexibility index (Phi) is 2.28. The zero-order valence-electron chi connectivity index (χ0n) is 8.07. The lowest BCUT2D eigenvalue weighted by atomic mass is 9.78. The van der Waals surface area contributed by atoms with Gasteiger partial charge < -0.3 is 10.0 Å². The molecule has 3 heteroatoms. The molecule has 0 bridgehead atoms. The summed E-state index contributed by atoms with van der Waals surface area (Å²) in [5.41, 5.74) is 0. The van der Waals surface area contributed by atoms with E-state index >= 15 is 0 Å². The third-order valence-corrected chi connectivity index (χ3v) is 3.36. The van der Waals surface area contributed by atoms with Crippen molar-refractivity contribution in [2.24, 2.45) is 11.8 Å². The molecule has 0 aromatic carbocycles. The molecule has 2 aliphatic carbocycles. The van der Waals surface area contributed by atoms with E-state index in [0.29, 0.717) is 6.04 Å². The molecule has 2 fully saturated rings. The normalized spacial score (nSPS) is 33.1. The van der Waals surface area contributed by atoms with Gasteiger partial charge in [-0.2, -0.15) is 0 Å². The lowest BCUT2D eigenvalue weighted by Gasteiger charge is -2.40. The standard InChI is InChI=1S/C10H17NO2/c1-11(6-7-2-3-7)9-5-4-8(9)10(12)13/h7-9H,2-6H2,1H3,(H,12,13). The summed E-state index contributed by atoms with van der Waals surface area (Å²) in [7, 11) is 2.07. The number of nitrogens with zero attached hydrogens (tertiary/aromatic N) is 1. The topological polar surface area (TPSA) is 40.5 Å². The smallest absolute Gasteiger partial charge is 0.308 e. The molecule has 1 N–H and O–H groups in total. The summed E-state index contributed by atoms with van der Waals surface area (Å²) in [6.45, 7) is 1.11. The molecule has 0 saturated heterocycles. The molecule has 0 spiro atoms. The Balaban J connectivity index is 1.81. The zero-order chi connectivity index (χ0) is 9.42. The Bertz CT molecular complexity index is 213. The Morgan fingerprint density at radius 1 is 1.38 bits per heavy atom. The molecule has 0 radical (unpaired) electrons. The highest BCUT2D eigenvalue weighted by molar-refractivity contribution is 5.72. The molecule has 3 nitrogen and oxygen atoms in total. The number of carboxylic acid groups (broad SMARTS) is 1. The van der Waals surface area contributed by atoms with Crippen LogP contribution in [0.5, 0.6) is 0 Å². The fourth-order valence-corrected chi connectivity index (χ4v) is 2.14. The number of hydrogen-bond donors (Lipinski definition) is 1. The molecule has 0 aliphatic heterocycles. The summed E-state index contributed by atoms with van der Waals surface area (Å²) in [5.74, 6) is 0.155. The first-order valence-electron chi connectivity index (χ1n) is 5.11. The minimum absolute atomic E-state index is 0.0938. The Morgan fingerprint density at radius 3 is 2.46 bits per heavy atom. The van der Waals surface area contributed by atoms with Gasteiger partial charge in [-0.1, -0.05) is 0 Å². The molecule has 13 heavy (non-hydrogen) atoms. The van der Waals surface area contributed by atoms with E-state index in [2.05, 4.69) is 11.9 Å². The van der Waals surface area contributed by atoms with Crippen LogP contribution < -0.4 is 0 Å². The summed E-state index contributed by atoms with van der Waals surface area (Å²) < 4.78 is 0. The molecule has 2 saturated carbocycles. The van der Waals surface area contributed by atoms with Crippen LogP contribution >= 0.6 is 0 Å². The highest BCUT2D eigenvalue weighted by Crippen LogP contribution is 2.35. The minimum atomic E-state index is -0.612. The van der Waals surface area contributed by atoms with E-state index in [1.165, 1.54) is 12.8 Å². The van der Waals surface area contributed by atoms with Crippen LogP contribution in [0.2, 0.25) is 0 Å². The Morgan fingerprint density at radius 2 is 2.08 bits per heavy atom. The van der Waals surface area contributed by atoms with E-state index in [0.717, 1.165) is 25.3 Å².